The van der Waals surface area contributed by atoms with Crippen molar-refractivity contribution in [3.63, 3.8) is 0 Å². The van der Waals surface area contributed by atoms with Crippen LogP contribution in [0.1, 0.15) is 38.8 Å². The third-order valence-corrected chi connectivity index (χ3v) is 4.15. The minimum Gasteiger partial charge on any atom is -0.357 e. The molecule has 0 aliphatic rings. The molecule has 7 nitrogen and oxygen atoms in total. The second-order valence-corrected chi connectivity index (χ2v) is 7.60. The predicted octanol–water partition coefficient (Wildman–Crippen LogP) is 2.77. The summed E-state index contributed by atoms with van der Waals surface area (Å²) in [7, 11) is 0. The maximum atomic E-state index is 11.9. The number of hydrogen-bond acceptors (Lipinski definition) is 3. The highest BCUT2D eigenvalue weighted by Gasteiger charge is 2.20. The van der Waals surface area contributed by atoms with E-state index in [1.165, 1.54) is 5.56 Å². The summed E-state index contributed by atoms with van der Waals surface area (Å²) in [6, 6.07) is 10.2. The van der Waals surface area contributed by atoms with E-state index >= 15 is 0 Å². The molecule has 3 N–H and O–H groups in total. The van der Waals surface area contributed by atoms with Crippen LogP contribution >= 0.6 is 24.0 Å². The van der Waals surface area contributed by atoms with E-state index in [1.807, 2.05) is 56.8 Å². The Balaban J connectivity index is 0.00000420. The summed E-state index contributed by atoms with van der Waals surface area (Å²) in [4.78, 5) is 16.6. The number of amides is 1. The number of hydrogen-bond donors (Lipinski definition) is 3. The summed E-state index contributed by atoms with van der Waals surface area (Å²) in [6.07, 6.45) is 3.74. The van der Waals surface area contributed by atoms with Gasteiger partial charge in [-0.1, -0.05) is 45.0 Å². The summed E-state index contributed by atoms with van der Waals surface area (Å²) in [5.74, 6) is 0.783. The highest BCUT2D eigenvalue weighted by atomic mass is 127. The molecule has 1 heterocycles. The highest BCUT2D eigenvalue weighted by molar-refractivity contribution is 14.0. The van der Waals surface area contributed by atoms with Crippen molar-refractivity contribution in [2.45, 2.75) is 40.8 Å². The van der Waals surface area contributed by atoms with Crippen molar-refractivity contribution in [1.29, 1.82) is 0 Å². The molecular formula is C21H33IN6O. The van der Waals surface area contributed by atoms with Gasteiger partial charge < -0.3 is 16.0 Å². The predicted molar refractivity (Wildman–Crippen MR) is 128 cm³/mol. The van der Waals surface area contributed by atoms with Gasteiger partial charge >= 0.3 is 0 Å². The first-order valence-electron chi connectivity index (χ1n) is 9.75. The number of nitrogens with one attached hydrogen (secondary N) is 3. The molecule has 1 aromatic carbocycles. The Kier molecular flexibility index (Phi) is 10.7. The molecule has 0 radical (unpaired) electrons. The number of carbonyl (C=O) groups is 1. The zero-order chi connectivity index (χ0) is 20.4. The van der Waals surface area contributed by atoms with Crippen LogP contribution in [0, 0.1) is 5.41 Å². The van der Waals surface area contributed by atoms with E-state index in [2.05, 4.69) is 33.2 Å². The molecule has 29 heavy (non-hydrogen) atoms. The largest absolute Gasteiger partial charge is 0.357 e. The van der Waals surface area contributed by atoms with Crippen LogP contribution in [0.5, 0.6) is 0 Å². The standard InChI is InChI=1S/C21H32N6O.HI/c1-5-22-20(24-13-12-23-19(28)21(2,3)4)25-15-17-9-6-7-10-18(17)16-27-14-8-11-26-27;/h6-11,14H,5,12-13,15-16H2,1-4H3,(H,23,28)(H2,22,24,25);1H. The molecule has 8 heteroatoms. The van der Waals surface area contributed by atoms with Gasteiger partial charge in [-0.25, -0.2) is 4.99 Å². The van der Waals surface area contributed by atoms with Crippen LogP contribution in [0.15, 0.2) is 47.7 Å². The van der Waals surface area contributed by atoms with Gasteiger partial charge in [-0.3, -0.25) is 9.48 Å². The summed E-state index contributed by atoms with van der Waals surface area (Å²) < 4.78 is 1.91. The maximum Gasteiger partial charge on any atom is 0.225 e. The lowest BCUT2D eigenvalue weighted by atomic mass is 9.96. The Bertz CT molecular complexity index is 768. The monoisotopic (exact) mass is 512 g/mol. The van der Waals surface area contributed by atoms with Crippen molar-refractivity contribution in [3.8, 4) is 0 Å². The van der Waals surface area contributed by atoms with Gasteiger partial charge in [0, 0.05) is 37.4 Å². The van der Waals surface area contributed by atoms with Crippen LogP contribution in [0.3, 0.4) is 0 Å². The molecule has 0 fully saturated rings. The smallest absolute Gasteiger partial charge is 0.225 e. The molecule has 1 aromatic heterocycles. The van der Waals surface area contributed by atoms with Crippen LogP contribution in [0.4, 0.5) is 0 Å². The molecule has 0 aliphatic heterocycles. The fraction of sp³-hybridized carbons (Fsp3) is 0.476. The van der Waals surface area contributed by atoms with E-state index in [-0.39, 0.29) is 35.3 Å². The van der Waals surface area contributed by atoms with Gasteiger partial charge in [0.1, 0.15) is 0 Å². The van der Waals surface area contributed by atoms with Gasteiger partial charge in [0.25, 0.3) is 0 Å². The molecule has 0 unspecified atom stereocenters. The van der Waals surface area contributed by atoms with Crippen molar-refractivity contribution >= 4 is 35.8 Å². The van der Waals surface area contributed by atoms with Crippen LogP contribution in [-0.4, -0.2) is 41.3 Å². The van der Waals surface area contributed by atoms with Crippen molar-refractivity contribution in [2.75, 3.05) is 19.6 Å². The van der Waals surface area contributed by atoms with Crippen LogP contribution in [0.2, 0.25) is 0 Å². The van der Waals surface area contributed by atoms with Gasteiger partial charge in [0.15, 0.2) is 5.96 Å². The van der Waals surface area contributed by atoms with Gasteiger partial charge in [0.05, 0.1) is 13.1 Å². The lowest BCUT2D eigenvalue weighted by Crippen LogP contribution is -2.43. The molecule has 2 rings (SSSR count). The summed E-state index contributed by atoms with van der Waals surface area (Å²) in [5.41, 5.74) is 1.98. The first kappa shape index (κ1) is 24.9. The molecular weight excluding hydrogens is 479 g/mol. The zero-order valence-corrected chi connectivity index (χ0v) is 20.1. The second-order valence-electron chi connectivity index (χ2n) is 7.60. The molecule has 0 bridgehead atoms. The Morgan fingerprint density at radius 3 is 2.38 bits per heavy atom. The summed E-state index contributed by atoms with van der Waals surface area (Å²) >= 11 is 0. The van der Waals surface area contributed by atoms with Gasteiger partial charge in [-0.15, -0.1) is 24.0 Å². The van der Waals surface area contributed by atoms with Crippen LogP contribution in [-0.2, 0) is 17.9 Å². The molecule has 0 saturated heterocycles. The van der Waals surface area contributed by atoms with E-state index in [0.717, 1.165) is 24.6 Å². The number of rotatable bonds is 8. The molecule has 0 atom stereocenters. The summed E-state index contributed by atoms with van der Waals surface area (Å²) in [6.45, 7) is 11.0. The van der Waals surface area contributed by atoms with Crippen molar-refractivity contribution in [1.82, 2.24) is 25.7 Å². The molecule has 1 amide bonds. The average molecular weight is 512 g/mol. The minimum absolute atomic E-state index is 0. The third-order valence-electron chi connectivity index (χ3n) is 4.15. The normalized spacial score (nSPS) is 11.5. The first-order chi connectivity index (χ1) is 13.4. The number of benzene rings is 1. The number of aromatic nitrogens is 2. The zero-order valence-electron chi connectivity index (χ0n) is 17.7. The maximum absolute atomic E-state index is 11.9. The SMILES string of the molecule is CCNC(=NCc1ccccc1Cn1cccn1)NCCNC(=O)C(C)(C)C.I. The highest BCUT2D eigenvalue weighted by Crippen LogP contribution is 2.12. The number of guanidine groups is 1. The van der Waals surface area contributed by atoms with E-state index in [4.69, 9.17) is 4.99 Å². The lowest BCUT2D eigenvalue weighted by molar-refractivity contribution is -0.128. The number of nitrogens with zero attached hydrogens (tertiary/aromatic N) is 3. The van der Waals surface area contributed by atoms with Crippen LogP contribution in [0.25, 0.3) is 0 Å². The van der Waals surface area contributed by atoms with Crippen molar-refractivity contribution < 1.29 is 4.79 Å². The van der Waals surface area contributed by atoms with E-state index < -0.39 is 0 Å². The molecule has 2 aromatic rings. The second kappa shape index (κ2) is 12.5. The van der Waals surface area contributed by atoms with Crippen LogP contribution < -0.4 is 16.0 Å². The summed E-state index contributed by atoms with van der Waals surface area (Å²) in [5, 5.41) is 13.7. The Hall–Kier alpha value is -2.10. The Morgan fingerprint density at radius 2 is 1.76 bits per heavy atom. The fourth-order valence-corrected chi connectivity index (χ4v) is 2.56. The minimum atomic E-state index is -0.378. The van der Waals surface area contributed by atoms with E-state index in [9.17, 15) is 4.79 Å². The topological polar surface area (TPSA) is 83.3 Å². The fourth-order valence-electron chi connectivity index (χ4n) is 2.56. The molecule has 0 spiro atoms. The molecule has 0 saturated carbocycles. The molecule has 0 aliphatic carbocycles. The number of aliphatic imine (C=N–C) groups is 1. The third kappa shape index (κ3) is 8.84. The average Bonchev–Trinajstić information content (AvgIpc) is 3.16. The Morgan fingerprint density at radius 1 is 1.07 bits per heavy atom. The van der Waals surface area contributed by atoms with Gasteiger partial charge in [-0.05, 0) is 24.1 Å². The number of halogens is 1. The van der Waals surface area contributed by atoms with Crippen molar-refractivity contribution in [3.05, 3.63) is 53.9 Å². The first-order valence-corrected chi connectivity index (χ1v) is 9.75. The van der Waals surface area contributed by atoms with Gasteiger partial charge in [0.2, 0.25) is 5.91 Å². The van der Waals surface area contributed by atoms with E-state index in [1.54, 1.807) is 6.20 Å². The number of carbonyl (C=O) groups excluding carboxylic acids is 1. The quantitative estimate of drug-likeness (QED) is 0.220. The van der Waals surface area contributed by atoms with Crippen molar-refractivity contribution in [2.24, 2.45) is 10.4 Å². The Labute approximate surface area is 190 Å². The molecule has 160 valence electrons. The van der Waals surface area contributed by atoms with Gasteiger partial charge in [-0.2, -0.15) is 5.10 Å². The van der Waals surface area contributed by atoms with E-state index in [0.29, 0.717) is 19.6 Å². The lowest BCUT2D eigenvalue weighted by Gasteiger charge is -2.18.